The summed E-state index contributed by atoms with van der Waals surface area (Å²) in [5, 5.41) is 0. The highest BCUT2D eigenvalue weighted by Crippen LogP contribution is 2.39. The Morgan fingerprint density at radius 1 is 0.396 bits per heavy atom. The minimum absolute atomic E-state index is 0. The maximum atomic E-state index is 4.71. The summed E-state index contributed by atoms with van der Waals surface area (Å²) in [4.78, 5) is 22.7. The van der Waals surface area contributed by atoms with Gasteiger partial charge in [-0.15, -0.1) is 0 Å². The van der Waals surface area contributed by atoms with Crippen LogP contribution in [0.25, 0.3) is 22.3 Å². The van der Waals surface area contributed by atoms with Crippen molar-refractivity contribution in [3.63, 3.8) is 0 Å². The molecule has 8 heteroatoms. The Hall–Kier alpha value is -6.79. The molecule has 0 atom stereocenters. The summed E-state index contributed by atoms with van der Waals surface area (Å²) in [5.41, 5.74) is 12.0. The molecule has 0 fully saturated rings. The second kappa shape index (κ2) is 14.8. The molecule has 4 aromatic carbocycles. The Morgan fingerprint density at radius 2 is 0.981 bits per heavy atom. The van der Waals surface area contributed by atoms with Crippen molar-refractivity contribution in [2.24, 2.45) is 0 Å². The summed E-state index contributed by atoms with van der Waals surface area (Å²) < 4.78 is 0. The maximum Gasteiger partial charge on any atom is 0.331 e. The van der Waals surface area contributed by atoms with E-state index in [2.05, 4.69) is 152 Å². The molecular weight excluding hydrogens is 646 g/mol. The molecule has 0 spiro atoms. The van der Waals surface area contributed by atoms with Gasteiger partial charge in [-0.3, -0.25) is 9.97 Å². The van der Waals surface area contributed by atoms with E-state index in [1.54, 1.807) is 0 Å². The van der Waals surface area contributed by atoms with Crippen LogP contribution in [0.2, 0.25) is 0 Å². The van der Waals surface area contributed by atoms with E-state index in [4.69, 9.17) is 4.98 Å². The largest absolute Gasteiger partial charge is 0.375 e. The van der Waals surface area contributed by atoms with Crippen LogP contribution in [0, 0.1) is 0 Å². The SMILES string of the molecule is C.c1ccc(B2c3ccccc3-c3ccncc3N2c2ccccc2)cc1.c1ccc(B2c3ccncc3-c3cccnc3N2c2ccccn2)cc1. The van der Waals surface area contributed by atoms with E-state index in [-0.39, 0.29) is 21.1 Å². The van der Waals surface area contributed by atoms with E-state index in [9.17, 15) is 0 Å². The highest BCUT2D eigenvalue weighted by molar-refractivity contribution is 6.91. The molecule has 0 aliphatic carbocycles. The van der Waals surface area contributed by atoms with E-state index < -0.39 is 0 Å². The van der Waals surface area contributed by atoms with Gasteiger partial charge in [0.2, 0.25) is 0 Å². The minimum Gasteiger partial charge on any atom is -0.375 e. The third kappa shape index (κ3) is 6.14. The average Bonchev–Trinajstić information content (AvgIpc) is 3.24. The predicted molar refractivity (Wildman–Crippen MR) is 222 cm³/mol. The lowest BCUT2D eigenvalue weighted by molar-refractivity contribution is 1.16. The fourth-order valence-corrected chi connectivity index (χ4v) is 7.54. The first kappa shape index (κ1) is 33.4. The van der Waals surface area contributed by atoms with E-state index >= 15 is 0 Å². The van der Waals surface area contributed by atoms with Crippen LogP contribution in [-0.4, -0.2) is 33.6 Å². The molecule has 0 amide bonds. The number of hydrogen-bond donors (Lipinski definition) is 0. The van der Waals surface area contributed by atoms with E-state index in [1.807, 2.05) is 67.5 Å². The third-order valence-electron chi connectivity index (χ3n) is 9.74. The van der Waals surface area contributed by atoms with E-state index in [0.717, 1.165) is 28.5 Å². The Morgan fingerprint density at radius 3 is 1.72 bits per heavy atom. The molecule has 4 aromatic heterocycles. The normalized spacial score (nSPS) is 12.2. The molecule has 6 heterocycles. The molecule has 10 rings (SSSR count). The molecule has 0 saturated heterocycles. The highest BCUT2D eigenvalue weighted by Gasteiger charge is 2.39. The van der Waals surface area contributed by atoms with Crippen LogP contribution in [0.4, 0.5) is 23.0 Å². The summed E-state index contributed by atoms with van der Waals surface area (Å²) in [6.07, 6.45) is 11.3. The van der Waals surface area contributed by atoms with Crippen molar-refractivity contribution in [1.82, 2.24) is 19.9 Å². The van der Waals surface area contributed by atoms with Crippen molar-refractivity contribution in [2.75, 3.05) is 9.62 Å². The van der Waals surface area contributed by atoms with Crippen LogP contribution >= 0.6 is 0 Å². The highest BCUT2D eigenvalue weighted by atomic mass is 15.2. The van der Waals surface area contributed by atoms with Crippen molar-refractivity contribution < 1.29 is 0 Å². The van der Waals surface area contributed by atoms with Crippen LogP contribution in [0.3, 0.4) is 0 Å². The van der Waals surface area contributed by atoms with Crippen molar-refractivity contribution in [3.05, 3.63) is 195 Å². The Labute approximate surface area is 311 Å². The number of nitrogens with zero attached hydrogens (tertiary/aromatic N) is 6. The summed E-state index contributed by atoms with van der Waals surface area (Å²) in [7, 11) is 0. The standard InChI is InChI=1S/C23H17BN2.C21H15BN4.CH4/c1-3-9-18(10-4-1)24-22-14-8-7-13-20(22)21-15-16-25-17-23(21)26(24)19-11-5-2-6-12-19;1-2-7-16(8-3-1)22-19-11-14-23-15-18(19)17-9-6-13-25-21(17)26(22)20-10-4-5-12-24-20;/h1-17H;1-15H;1H4. The van der Waals surface area contributed by atoms with Crippen molar-refractivity contribution in [3.8, 4) is 22.3 Å². The molecule has 0 N–H and O–H groups in total. The monoisotopic (exact) mass is 682 g/mol. The van der Waals surface area contributed by atoms with Crippen LogP contribution in [0.15, 0.2) is 195 Å². The molecule has 53 heavy (non-hydrogen) atoms. The lowest BCUT2D eigenvalue weighted by atomic mass is 9.46. The number of para-hydroxylation sites is 1. The molecule has 252 valence electrons. The molecule has 0 saturated carbocycles. The van der Waals surface area contributed by atoms with Gasteiger partial charge in [0.1, 0.15) is 11.6 Å². The summed E-state index contributed by atoms with van der Waals surface area (Å²) >= 11 is 0. The first-order valence-corrected chi connectivity index (χ1v) is 17.4. The number of aromatic nitrogens is 4. The van der Waals surface area contributed by atoms with Gasteiger partial charge < -0.3 is 9.62 Å². The van der Waals surface area contributed by atoms with Gasteiger partial charge in [0, 0.05) is 59.6 Å². The lowest BCUT2D eigenvalue weighted by Gasteiger charge is -2.38. The molecule has 0 bridgehead atoms. The zero-order valence-corrected chi connectivity index (χ0v) is 28.3. The Bertz CT molecular complexity index is 2100. The first-order valence-electron chi connectivity index (χ1n) is 17.4. The lowest BCUT2D eigenvalue weighted by Crippen LogP contribution is -2.57. The Kier molecular flexibility index (Phi) is 9.33. The van der Waals surface area contributed by atoms with E-state index in [0.29, 0.717) is 0 Å². The van der Waals surface area contributed by atoms with Crippen LogP contribution in [0.5, 0.6) is 0 Å². The number of pyridine rings is 4. The van der Waals surface area contributed by atoms with Crippen molar-refractivity contribution in [2.45, 2.75) is 7.43 Å². The van der Waals surface area contributed by atoms with Gasteiger partial charge in [0.15, 0.2) is 0 Å². The molecule has 0 unspecified atom stereocenters. The zero-order valence-electron chi connectivity index (χ0n) is 28.3. The van der Waals surface area contributed by atoms with Gasteiger partial charge in [-0.05, 0) is 65.0 Å². The summed E-state index contributed by atoms with van der Waals surface area (Å²) in [6, 6.07) is 54.7. The Balaban J connectivity index is 0.000000148. The van der Waals surface area contributed by atoms with Gasteiger partial charge in [0.25, 0.3) is 0 Å². The molecule has 2 aliphatic heterocycles. The predicted octanol–water partition coefficient (Wildman–Crippen LogP) is 7.44. The summed E-state index contributed by atoms with van der Waals surface area (Å²) in [6.45, 7) is 0.109. The maximum absolute atomic E-state index is 4.71. The van der Waals surface area contributed by atoms with Gasteiger partial charge in [-0.25, -0.2) is 9.97 Å². The smallest absolute Gasteiger partial charge is 0.331 e. The fraction of sp³-hybridized carbons (Fsp3) is 0.0222. The van der Waals surface area contributed by atoms with E-state index in [1.165, 1.54) is 38.7 Å². The number of fused-ring (bicyclic) bond motifs is 6. The quantitative estimate of drug-likeness (QED) is 0.180. The van der Waals surface area contributed by atoms with Gasteiger partial charge in [0.05, 0.1) is 5.69 Å². The van der Waals surface area contributed by atoms with Gasteiger partial charge in [-0.2, -0.15) is 0 Å². The van der Waals surface area contributed by atoms with Crippen LogP contribution in [0.1, 0.15) is 7.43 Å². The zero-order chi connectivity index (χ0) is 34.7. The number of benzene rings is 4. The minimum atomic E-state index is -0.00787. The van der Waals surface area contributed by atoms with Crippen molar-refractivity contribution in [1.29, 1.82) is 0 Å². The van der Waals surface area contributed by atoms with Gasteiger partial charge >= 0.3 is 13.7 Å². The topological polar surface area (TPSA) is 58.0 Å². The average molecular weight is 682 g/mol. The molecule has 0 radical (unpaired) electrons. The second-order valence-corrected chi connectivity index (χ2v) is 12.7. The molecular formula is C45H36B2N6. The number of anilines is 4. The number of rotatable bonds is 4. The van der Waals surface area contributed by atoms with Crippen LogP contribution < -0.4 is 31.5 Å². The molecule has 2 aliphatic rings. The first-order chi connectivity index (χ1) is 25.9. The molecule has 6 nitrogen and oxygen atoms in total. The second-order valence-electron chi connectivity index (χ2n) is 12.7. The third-order valence-corrected chi connectivity index (χ3v) is 9.74. The van der Waals surface area contributed by atoms with Crippen LogP contribution in [-0.2, 0) is 0 Å². The molecule has 8 aromatic rings. The summed E-state index contributed by atoms with van der Waals surface area (Å²) in [5.74, 6) is 1.78. The fourth-order valence-electron chi connectivity index (χ4n) is 7.54. The van der Waals surface area contributed by atoms with Gasteiger partial charge in [-0.1, -0.05) is 128 Å². The van der Waals surface area contributed by atoms with Crippen molar-refractivity contribution >= 4 is 58.6 Å². The number of hydrogen-bond acceptors (Lipinski definition) is 6.